The number of nitrogens with zero attached hydrogens (tertiary/aromatic N) is 1. The van der Waals surface area contributed by atoms with Crippen molar-refractivity contribution >= 4 is 5.97 Å². The van der Waals surface area contributed by atoms with E-state index in [2.05, 4.69) is 4.98 Å². The molecule has 4 heteroatoms. The summed E-state index contributed by atoms with van der Waals surface area (Å²) in [6.07, 6.45) is 0. The van der Waals surface area contributed by atoms with Crippen molar-refractivity contribution in [2.45, 2.75) is 13.8 Å². The molecular weight excluding hydrogens is 254 g/mol. The van der Waals surface area contributed by atoms with E-state index in [1.165, 1.54) is 7.11 Å². The number of esters is 1. The molecule has 0 spiro atoms. The van der Waals surface area contributed by atoms with Crippen LogP contribution in [0.5, 0.6) is 5.75 Å². The number of methoxy groups -OCH3 is 2. The lowest BCUT2D eigenvalue weighted by atomic mass is 9.99. The molecule has 0 saturated carbocycles. The highest BCUT2D eigenvalue weighted by atomic mass is 16.5. The highest BCUT2D eigenvalue weighted by molar-refractivity contribution is 5.97. The van der Waals surface area contributed by atoms with Gasteiger partial charge in [-0.05, 0) is 55.3 Å². The number of rotatable bonds is 3. The van der Waals surface area contributed by atoms with Crippen LogP contribution in [0.4, 0.5) is 0 Å². The molecule has 1 aromatic heterocycles. The van der Waals surface area contributed by atoms with E-state index >= 15 is 0 Å². The van der Waals surface area contributed by atoms with E-state index in [1.54, 1.807) is 13.2 Å². The molecule has 0 aliphatic rings. The third-order valence-electron chi connectivity index (χ3n) is 3.02. The molecular formula is C16H17NO3. The molecule has 2 rings (SSSR count). The van der Waals surface area contributed by atoms with Crippen LogP contribution in [0.2, 0.25) is 0 Å². The van der Waals surface area contributed by atoms with E-state index in [-0.39, 0.29) is 5.97 Å². The van der Waals surface area contributed by atoms with Crippen LogP contribution in [0.3, 0.4) is 0 Å². The van der Waals surface area contributed by atoms with Crippen LogP contribution in [-0.4, -0.2) is 25.2 Å². The van der Waals surface area contributed by atoms with E-state index in [4.69, 9.17) is 9.47 Å². The average Bonchev–Trinajstić information content (AvgIpc) is 2.44. The smallest absolute Gasteiger partial charge is 0.338 e. The molecule has 0 saturated heterocycles. The molecule has 0 N–H and O–H groups in total. The first kappa shape index (κ1) is 14.1. The molecule has 104 valence electrons. The zero-order valence-electron chi connectivity index (χ0n) is 12.1. The van der Waals surface area contributed by atoms with Crippen LogP contribution in [0.1, 0.15) is 21.7 Å². The van der Waals surface area contributed by atoms with Gasteiger partial charge in [-0.2, -0.15) is 0 Å². The monoisotopic (exact) mass is 271 g/mol. The van der Waals surface area contributed by atoms with Gasteiger partial charge in [0.05, 0.1) is 19.8 Å². The zero-order chi connectivity index (χ0) is 14.7. The molecule has 1 heterocycles. The number of ether oxygens (including phenoxy) is 2. The average molecular weight is 271 g/mol. The molecule has 4 nitrogen and oxygen atoms in total. The summed E-state index contributed by atoms with van der Waals surface area (Å²) >= 11 is 0. The maximum absolute atomic E-state index is 12.0. The van der Waals surface area contributed by atoms with E-state index in [1.807, 2.05) is 38.1 Å². The van der Waals surface area contributed by atoms with Crippen molar-refractivity contribution < 1.29 is 14.3 Å². The largest absolute Gasteiger partial charge is 0.497 e. The molecule has 0 bridgehead atoms. The van der Waals surface area contributed by atoms with Gasteiger partial charge in [0.1, 0.15) is 5.75 Å². The Morgan fingerprint density at radius 1 is 1.05 bits per heavy atom. The van der Waals surface area contributed by atoms with Crippen molar-refractivity contribution in [3.8, 4) is 16.9 Å². The third-order valence-corrected chi connectivity index (χ3v) is 3.02. The highest BCUT2D eigenvalue weighted by Gasteiger charge is 2.15. The molecule has 0 aliphatic heterocycles. The van der Waals surface area contributed by atoms with Crippen LogP contribution in [0, 0.1) is 13.8 Å². The number of aromatic nitrogens is 1. The Morgan fingerprint density at radius 2 is 1.70 bits per heavy atom. The number of hydrogen-bond acceptors (Lipinski definition) is 4. The topological polar surface area (TPSA) is 48.4 Å². The lowest BCUT2D eigenvalue weighted by Crippen LogP contribution is -2.04. The fourth-order valence-corrected chi connectivity index (χ4v) is 2.17. The summed E-state index contributed by atoms with van der Waals surface area (Å²) in [6.45, 7) is 3.86. The molecule has 20 heavy (non-hydrogen) atoms. The molecule has 0 fully saturated rings. The minimum Gasteiger partial charge on any atom is -0.497 e. The number of carbonyl (C=O) groups excluding carboxylic acids is 1. The second-order valence-corrected chi connectivity index (χ2v) is 4.54. The Balaban J connectivity index is 2.63. The SMILES string of the molecule is COC(=O)c1cc(OC)ccc1-c1cc(C)nc(C)c1. The minimum absolute atomic E-state index is 0.383. The second kappa shape index (κ2) is 5.74. The Hall–Kier alpha value is -2.36. The molecule has 0 atom stereocenters. The van der Waals surface area contributed by atoms with Crippen LogP contribution in [0.15, 0.2) is 30.3 Å². The lowest BCUT2D eigenvalue weighted by Gasteiger charge is -2.11. The van der Waals surface area contributed by atoms with Crippen molar-refractivity contribution in [3.63, 3.8) is 0 Å². The maximum atomic E-state index is 12.0. The summed E-state index contributed by atoms with van der Waals surface area (Å²) in [5.74, 6) is 0.239. The molecule has 1 aromatic carbocycles. The van der Waals surface area contributed by atoms with Gasteiger partial charge in [0.15, 0.2) is 0 Å². The Morgan fingerprint density at radius 3 is 2.25 bits per heavy atom. The predicted molar refractivity (Wildman–Crippen MR) is 77.0 cm³/mol. The van der Waals surface area contributed by atoms with Gasteiger partial charge in [0.25, 0.3) is 0 Å². The zero-order valence-corrected chi connectivity index (χ0v) is 12.1. The van der Waals surface area contributed by atoms with Gasteiger partial charge in [-0.15, -0.1) is 0 Å². The Kier molecular flexibility index (Phi) is 4.03. The quantitative estimate of drug-likeness (QED) is 0.804. The first-order chi connectivity index (χ1) is 9.55. The number of benzene rings is 1. The Labute approximate surface area is 118 Å². The summed E-state index contributed by atoms with van der Waals surface area (Å²) < 4.78 is 10.0. The fraction of sp³-hybridized carbons (Fsp3) is 0.250. The van der Waals surface area contributed by atoms with E-state index in [0.29, 0.717) is 11.3 Å². The fourth-order valence-electron chi connectivity index (χ4n) is 2.17. The number of carbonyl (C=O) groups is 1. The Bertz CT molecular complexity index is 630. The lowest BCUT2D eigenvalue weighted by molar-refractivity contribution is 0.0601. The van der Waals surface area contributed by atoms with Gasteiger partial charge in [0, 0.05) is 11.4 Å². The van der Waals surface area contributed by atoms with Gasteiger partial charge in [-0.1, -0.05) is 0 Å². The second-order valence-electron chi connectivity index (χ2n) is 4.54. The summed E-state index contributed by atoms with van der Waals surface area (Å²) in [5.41, 5.74) is 4.06. The van der Waals surface area contributed by atoms with Crippen LogP contribution in [-0.2, 0) is 4.74 Å². The first-order valence-electron chi connectivity index (χ1n) is 6.27. The predicted octanol–water partition coefficient (Wildman–Crippen LogP) is 3.16. The van der Waals surface area contributed by atoms with Crippen molar-refractivity contribution in [1.29, 1.82) is 0 Å². The van der Waals surface area contributed by atoms with Crippen molar-refractivity contribution in [3.05, 3.63) is 47.3 Å². The van der Waals surface area contributed by atoms with E-state index in [0.717, 1.165) is 22.5 Å². The summed E-state index contributed by atoms with van der Waals surface area (Å²) in [7, 11) is 2.94. The molecule has 0 unspecified atom stereocenters. The summed E-state index contributed by atoms with van der Waals surface area (Å²) in [4.78, 5) is 16.3. The summed E-state index contributed by atoms with van der Waals surface area (Å²) in [5, 5.41) is 0. The van der Waals surface area contributed by atoms with Gasteiger partial charge < -0.3 is 9.47 Å². The molecule has 0 amide bonds. The van der Waals surface area contributed by atoms with Gasteiger partial charge in [-0.3, -0.25) is 4.98 Å². The molecule has 2 aromatic rings. The standard InChI is InChI=1S/C16H17NO3/c1-10-7-12(8-11(2)17-10)14-6-5-13(19-3)9-15(14)16(18)20-4/h5-9H,1-4H3. The highest BCUT2D eigenvalue weighted by Crippen LogP contribution is 2.28. The molecule has 0 radical (unpaired) electrons. The van der Waals surface area contributed by atoms with E-state index < -0.39 is 0 Å². The van der Waals surface area contributed by atoms with Crippen molar-refractivity contribution in [2.24, 2.45) is 0 Å². The van der Waals surface area contributed by atoms with Crippen LogP contribution >= 0.6 is 0 Å². The van der Waals surface area contributed by atoms with Gasteiger partial charge in [0.2, 0.25) is 0 Å². The number of pyridine rings is 1. The van der Waals surface area contributed by atoms with Crippen LogP contribution in [0.25, 0.3) is 11.1 Å². The van der Waals surface area contributed by atoms with Gasteiger partial charge in [-0.25, -0.2) is 4.79 Å². The number of hydrogen-bond donors (Lipinski definition) is 0. The minimum atomic E-state index is -0.383. The van der Waals surface area contributed by atoms with Crippen molar-refractivity contribution in [1.82, 2.24) is 4.98 Å². The first-order valence-corrected chi connectivity index (χ1v) is 6.27. The summed E-state index contributed by atoms with van der Waals surface area (Å²) in [6, 6.07) is 9.26. The normalized spacial score (nSPS) is 10.2. The van der Waals surface area contributed by atoms with Gasteiger partial charge >= 0.3 is 5.97 Å². The van der Waals surface area contributed by atoms with E-state index in [9.17, 15) is 4.79 Å². The number of aryl methyl sites for hydroxylation is 2. The van der Waals surface area contributed by atoms with Crippen LogP contribution < -0.4 is 4.74 Å². The maximum Gasteiger partial charge on any atom is 0.338 e. The molecule has 0 aliphatic carbocycles. The van der Waals surface area contributed by atoms with Crippen molar-refractivity contribution in [2.75, 3.05) is 14.2 Å². The third kappa shape index (κ3) is 2.79.